The van der Waals surface area contributed by atoms with Crippen LogP contribution in [-0.4, -0.2) is 56.9 Å². The Labute approximate surface area is 156 Å². The summed E-state index contributed by atoms with van der Waals surface area (Å²) in [6.45, 7) is 4.07. The third kappa shape index (κ3) is 4.72. The molecule has 0 spiro atoms. The number of nitrogens with one attached hydrogen (secondary N) is 1. The molecule has 1 atom stereocenters. The Hall–Kier alpha value is -1.09. The molecule has 1 unspecified atom stereocenters. The van der Waals surface area contributed by atoms with E-state index >= 15 is 0 Å². The molecule has 0 aromatic heterocycles. The zero-order chi connectivity index (χ0) is 17.5. The summed E-state index contributed by atoms with van der Waals surface area (Å²) >= 11 is 2.12. The van der Waals surface area contributed by atoms with Crippen LogP contribution in [0.2, 0.25) is 0 Å². The van der Waals surface area contributed by atoms with Crippen molar-refractivity contribution < 1.29 is 18.7 Å². The number of nitrogens with zero attached hydrogens (tertiary/aromatic N) is 1. The van der Waals surface area contributed by atoms with E-state index < -0.39 is 6.67 Å². The number of alkyl halides is 1. The van der Waals surface area contributed by atoms with Crippen molar-refractivity contribution in [1.29, 1.82) is 0 Å². The number of hydrogen-bond acceptors (Lipinski definition) is 4. The molecule has 1 fully saturated rings. The molecular formula is C17H24FIN2O3. The highest BCUT2D eigenvalue weighted by atomic mass is 127. The maximum atomic E-state index is 12.6. The summed E-state index contributed by atoms with van der Waals surface area (Å²) in [5.74, 6) is 0.520. The van der Waals surface area contributed by atoms with E-state index in [1.165, 1.54) is 7.11 Å². The first kappa shape index (κ1) is 19.2. The van der Waals surface area contributed by atoms with Gasteiger partial charge in [0.15, 0.2) is 11.5 Å². The Morgan fingerprint density at radius 1 is 1.50 bits per heavy atom. The van der Waals surface area contributed by atoms with Crippen LogP contribution >= 0.6 is 22.6 Å². The zero-order valence-electron chi connectivity index (χ0n) is 14.1. The van der Waals surface area contributed by atoms with Crippen LogP contribution in [0.3, 0.4) is 0 Å². The van der Waals surface area contributed by atoms with Crippen LogP contribution < -0.4 is 14.8 Å². The molecule has 1 N–H and O–H groups in total. The zero-order valence-corrected chi connectivity index (χ0v) is 16.3. The molecular weight excluding hydrogens is 426 g/mol. The molecule has 1 aliphatic rings. The molecule has 0 aliphatic carbocycles. The number of benzene rings is 1. The number of methoxy groups -OCH3 is 1. The number of ether oxygens (including phenoxy) is 2. The maximum Gasteiger partial charge on any atom is 0.255 e. The third-order valence-electron chi connectivity index (χ3n) is 4.21. The van der Waals surface area contributed by atoms with E-state index in [9.17, 15) is 9.18 Å². The third-order valence-corrected chi connectivity index (χ3v) is 4.83. The summed E-state index contributed by atoms with van der Waals surface area (Å²) in [6, 6.07) is 3.87. The van der Waals surface area contributed by atoms with Crippen LogP contribution in [0, 0.1) is 3.57 Å². The van der Waals surface area contributed by atoms with E-state index in [2.05, 4.69) is 39.7 Å². The van der Waals surface area contributed by atoms with Crippen LogP contribution in [0.15, 0.2) is 12.1 Å². The molecule has 1 aliphatic heterocycles. The number of amides is 1. The highest BCUT2D eigenvalue weighted by Crippen LogP contribution is 2.33. The summed E-state index contributed by atoms with van der Waals surface area (Å²) in [4.78, 5) is 15.0. The SMILES string of the molecule is CCN1CCCC1CNC(=O)c1cc(I)cc(OC)c1OCCF. The molecule has 134 valence electrons. The average Bonchev–Trinajstić information content (AvgIpc) is 3.05. The molecule has 0 radical (unpaired) electrons. The fourth-order valence-electron chi connectivity index (χ4n) is 3.03. The highest BCUT2D eigenvalue weighted by molar-refractivity contribution is 14.1. The standard InChI is InChI=1S/C17H24FIN2O3/c1-3-21-7-4-5-13(21)11-20-17(22)14-9-12(19)10-15(23-2)16(14)24-8-6-18/h9-10,13H,3-8,11H2,1-2H3,(H,20,22). The van der Waals surface area contributed by atoms with Gasteiger partial charge >= 0.3 is 0 Å². The number of hydrogen-bond donors (Lipinski definition) is 1. The first-order valence-corrected chi connectivity index (χ1v) is 9.27. The van der Waals surface area contributed by atoms with Gasteiger partial charge in [-0.25, -0.2) is 4.39 Å². The lowest BCUT2D eigenvalue weighted by Crippen LogP contribution is -2.40. The molecule has 2 rings (SSSR count). The molecule has 7 heteroatoms. The van der Waals surface area contributed by atoms with Crippen molar-refractivity contribution >= 4 is 28.5 Å². The molecule has 0 bridgehead atoms. The second-order valence-electron chi connectivity index (χ2n) is 5.66. The lowest BCUT2D eigenvalue weighted by atomic mass is 10.1. The minimum absolute atomic E-state index is 0.108. The van der Waals surface area contributed by atoms with Gasteiger partial charge in [-0.3, -0.25) is 9.69 Å². The Bertz CT molecular complexity index is 571. The lowest BCUT2D eigenvalue weighted by molar-refractivity contribution is 0.0936. The predicted octanol–water partition coefficient (Wildman–Crippen LogP) is 2.86. The van der Waals surface area contributed by atoms with Crippen LogP contribution in [0.1, 0.15) is 30.1 Å². The van der Waals surface area contributed by atoms with E-state index in [1.807, 2.05) is 0 Å². The smallest absolute Gasteiger partial charge is 0.255 e. The van der Waals surface area contributed by atoms with Crippen molar-refractivity contribution in [2.45, 2.75) is 25.8 Å². The summed E-state index contributed by atoms with van der Waals surface area (Å²) in [5, 5.41) is 2.99. The van der Waals surface area contributed by atoms with E-state index in [-0.39, 0.29) is 12.5 Å². The fraction of sp³-hybridized carbons (Fsp3) is 0.588. The minimum Gasteiger partial charge on any atom is -0.493 e. The maximum absolute atomic E-state index is 12.6. The second-order valence-corrected chi connectivity index (χ2v) is 6.90. The van der Waals surface area contributed by atoms with Crippen molar-refractivity contribution in [3.8, 4) is 11.5 Å². The largest absolute Gasteiger partial charge is 0.493 e. The quantitative estimate of drug-likeness (QED) is 0.620. The summed E-state index contributed by atoms with van der Waals surface area (Å²) in [7, 11) is 1.51. The van der Waals surface area contributed by atoms with Gasteiger partial charge in [0, 0.05) is 16.2 Å². The monoisotopic (exact) mass is 450 g/mol. The molecule has 1 heterocycles. The Balaban J connectivity index is 2.13. The van der Waals surface area contributed by atoms with Gasteiger partial charge in [-0.1, -0.05) is 6.92 Å². The van der Waals surface area contributed by atoms with Gasteiger partial charge in [-0.2, -0.15) is 0 Å². The Kier molecular flexibility index (Phi) is 7.54. The van der Waals surface area contributed by atoms with Gasteiger partial charge in [0.25, 0.3) is 5.91 Å². The Morgan fingerprint density at radius 3 is 2.96 bits per heavy atom. The van der Waals surface area contributed by atoms with Crippen LogP contribution in [0.4, 0.5) is 4.39 Å². The number of likely N-dealkylation sites (tertiary alicyclic amines) is 1. The van der Waals surface area contributed by atoms with E-state index in [1.54, 1.807) is 12.1 Å². The number of carbonyl (C=O) groups is 1. The number of carbonyl (C=O) groups excluding carboxylic acids is 1. The first-order chi connectivity index (χ1) is 11.6. The summed E-state index contributed by atoms with van der Waals surface area (Å²) in [6.07, 6.45) is 2.26. The van der Waals surface area contributed by atoms with Gasteiger partial charge in [-0.15, -0.1) is 0 Å². The van der Waals surface area contributed by atoms with Crippen molar-refractivity contribution in [2.24, 2.45) is 0 Å². The van der Waals surface area contributed by atoms with Gasteiger partial charge < -0.3 is 14.8 Å². The topological polar surface area (TPSA) is 50.8 Å². The first-order valence-electron chi connectivity index (χ1n) is 8.19. The summed E-state index contributed by atoms with van der Waals surface area (Å²) in [5.41, 5.74) is 0.383. The van der Waals surface area contributed by atoms with E-state index in [0.717, 1.165) is 29.5 Å². The fourth-order valence-corrected chi connectivity index (χ4v) is 3.62. The van der Waals surface area contributed by atoms with Crippen LogP contribution in [0.5, 0.6) is 11.5 Å². The second kappa shape index (κ2) is 9.41. The van der Waals surface area contributed by atoms with Gasteiger partial charge in [0.1, 0.15) is 13.3 Å². The van der Waals surface area contributed by atoms with Crippen molar-refractivity contribution in [1.82, 2.24) is 10.2 Å². The van der Waals surface area contributed by atoms with Crippen molar-refractivity contribution in [3.05, 3.63) is 21.3 Å². The summed E-state index contributed by atoms with van der Waals surface area (Å²) < 4.78 is 24.1. The normalized spacial score (nSPS) is 17.8. The molecule has 1 amide bonds. The number of rotatable bonds is 8. The van der Waals surface area contributed by atoms with Crippen molar-refractivity contribution in [2.75, 3.05) is 40.0 Å². The predicted molar refractivity (Wildman–Crippen MR) is 99.8 cm³/mol. The lowest BCUT2D eigenvalue weighted by Gasteiger charge is -2.23. The molecule has 1 aromatic carbocycles. The van der Waals surface area contributed by atoms with Gasteiger partial charge in [0.05, 0.1) is 12.7 Å². The number of halogens is 2. The average molecular weight is 450 g/mol. The molecule has 0 saturated carbocycles. The molecule has 1 aromatic rings. The van der Waals surface area contributed by atoms with Gasteiger partial charge in [0.2, 0.25) is 0 Å². The van der Waals surface area contributed by atoms with Crippen LogP contribution in [-0.2, 0) is 0 Å². The van der Waals surface area contributed by atoms with E-state index in [0.29, 0.717) is 29.6 Å². The highest BCUT2D eigenvalue weighted by Gasteiger charge is 2.25. The van der Waals surface area contributed by atoms with Gasteiger partial charge in [-0.05, 0) is 60.7 Å². The number of likely N-dealkylation sites (N-methyl/N-ethyl adjacent to an activating group) is 1. The molecule has 5 nitrogen and oxygen atoms in total. The minimum atomic E-state index is -0.621. The molecule has 1 saturated heterocycles. The molecule has 24 heavy (non-hydrogen) atoms. The Morgan fingerprint density at radius 2 is 2.29 bits per heavy atom. The van der Waals surface area contributed by atoms with E-state index in [4.69, 9.17) is 9.47 Å². The van der Waals surface area contributed by atoms with Crippen molar-refractivity contribution in [3.63, 3.8) is 0 Å². The van der Waals surface area contributed by atoms with Crippen LogP contribution in [0.25, 0.3) is 0 Å².